The Morgan fingerprint density at radius 3 is 2.85 bits per heavy atom. The molecule has 0 bridgehead atoms. The van der Waals surface area contributed by atoms with Gasteiger partial charge in [0, 0.05) is 28.7 Å². The summed E-state index contributed by atoms with van der Waals surface area (Å²) in [7, 11) is 0. The van der Waals surface area contributed by atoms with E-state index in [1.165, 1.54) is 24.1 Å². The lowest BCUT2D eigenvalue weighted by molar-refractivity contribution is 0.668. The summed E-state index contributed by atoms with van der Waals surface area (Å²) in [6, 6.07) is 4.02. The molecule has 4 nitrogen and oxygen atoms in total. The van der Waals surface area contributed by atoms with Gasteiger partial charge in [-0.1, -0.05) is 6.92 Å². The molecule has 20 heavy (non-hydrogen) atoms. The fraction of sp³-hybridized carbons (Fsp3) is 0.467. The predicted octanol–water partition coefficient (Wildman–Crippen LogP) is 3.41. The van der Waals surface area contributed by atoms with Crippen LogP contribution in [-0.2, 0) is 6.54 Å². The van der Waals surface area contributed by atoms with Crippen molar-refractivity contribution in [2.45, 2.75) is 38.6 Å². The highest BCUT2D eigenvalue weighted by atomic mass is 79.9. The summed E-state index contributed by atoms with van der Waals surface area (Å²) in [6.45, 7) is 4.13. The Kier molecular flexibility index (Phi) is 4.17. The predicted molar refractivity (Wildman–Crippen MR) is 83.0 cm³/mol. The molecule has 1 fully saturated rings. The van der Waals surface area contributed by atoms with Gasteiger partial charge in [0.25, 0.3) is 0 Å². The largest absolute Gasteiger partial charge is 0.313 e. The molecule has 0 atom stereocenters. The summed E-state index contributed by atoms with van der Waals surface area (Å²) in [5.74, 6) is 1.55. The second-order valence-corrected chi connectivity index (χ2v) is 6.17. The number of nitrogens with zero attached hydrogens (tertiary/aromatic N) is 3. The van der Waals surface area contributed by atoms with E-state index in [1.54, 1.807) is 0 Å². The second kappa shape index (κ2) is 6.06. The van der Waals surface area contributed by atoms with Gasteiger partial charge >= 0.3 is 0 Å². The Morgan fingerprint density at radius 1 is 1.35 bits per heavy atom. The first-order valence-electron chi connectivity index (χ1n) is 7.19. The molecule has 1 aliphatic carbocycles. The molecular weight excluding hydrogens is 316 g/mol. The first-order chi connectivity index (χ1) is 9.79. The van der Waals surface area contributed by atoms with Gasteiger partial charge in [0.1, 0.15) is 0 Å². The maximum absolute atomic E-state index is 4.55. The van der Waals surface area contributed by atoms with Crippen molar-refractivity contribution in [3.05, 3.63) is 40.3 Å². The highest BCUT2D eigenvalue weighted by Gasteiger charge is 2.30. The Morgan fingerprint density at radius 2 is 2.20 bits per heavy atom. The van der Waals surface area contributed by atoms with Crippen LogP contribution in [0.15, 0.2) is 29.0 Å². The van der Waals surface area contributed by atoms with E-state index in [0.29, 0.717) is 5.92 Å². The van der Waals surface area contributed by atoms with Gasteiger partial charge in [-0.2, -0.15) is 5.10 Å². The van der Waals surface area contributed by atoms with Crippen LogP contribution >= 0.6 is 15.9 Å². The molecule has 3 rings (SSSR count). The molecule has 2 aromatic heterocycles. The van der Waals surface area contributed by atoms with Crippen LogP contribution in [0.25, 0.3) is 5.82 Å². The van der Waals surface area contributed by atoms with E-state index in [2.05, 4.69) is 38.3 Å². The number of rotatable bonds is 6. The third-order valence-corrected chi connectivity index (χ3v) is 3.99. The third kappa shape index (κ3) is 2.94. The summed E-state index contributed by atoms with van der Waals surface area (Å²) in [4.78, 5) is 4.46. The highest BCUT2D eigenvalue weighted by Crippen LogP contribution is 2.42. The summed E-state index contributed by atoms with van der Waals surface area (Å²) < 4.78 is 3.00. The maximum Gasteiger partial charge on any atom is 0.153 e. The van der Waals surface area contributed by atoms with Crippen molar-refractivity contribution in [3.8, 4) is 5.82 Å². The van der Waals surface area contributed by atoms with Crippen LogP contribution in [0.1, 0.15) is 43.4 Å². The summed E-state index contributed by atoms with van der Waals surface area (Å²) in [6.07, 6.45) is 7.50. The van der Waals surface area contributed by atoms with Gasteiger partial charge in [0.15, 0.2) is 5.82 Å². The molecule has 0 aliphatic heterocycles. The summed E-state index contributed by atoms with van der Waals surface area (Å²) >= 11 is 3.42. The SMILES string of the molecule is CCCNCc1cnn(-c2ccc(Br)cn2)c1C1CC1. The second-order valence-electron chi connectivity index (χ2n) is 5.25. The van der Waals surface area contributed by atoms with E-state index in [-0.39, 0.29) is 0 Å². The Balaban J connectivity index is 1.88. The Hall–Kier alpha value is -1.20. The molecule has 0 amide bonds. The average molecular weight is 335 g/mol. The van der Waals surface area contributed by atoms with Gasteiger partial charge in [0.2, 0.25) is 0 Å². The molecule has 2 aromatic rings. The van der Waals surface area contributed by atoms with E-state index >= 15 is 0 Å². The number of nitrogens with one attached hydrogen (secondary N) is 1. The lowest BCUT2D eigenvalue weighted by atomic mass is 10.1. The van der Waals surface area contributed by atoms with E-state index in [1.807, 2.05) is 29.2 Å². The molecule has 106 valence electrons. The fourth-order valence-electron chi connectivity index (χ4n) is 2.40. The van der Waals surface area contributed by atoms with Gasteiger partial charge in [-0.25, -0.2) is 9.67 Å². The topological polar surface area (TPSA) is 42.7 Å². The van der Waals surface area contributed by atoms with Gasteiger partial charge < -0.3 is 5.32 Å². The van der Waals surface area contributed by atoms with Crippen LogP contribution in [0.2, 0.25) is 0 Å². The van der Waals surface area contributed by atoms with Crippen LogP contribution in [0.5, 0.6) is 0 Å². The van der Waals surface area contributed by atoms with Crippen LogP contribution in [0.3, 0.4) is 0 Å². The van der Waals surface area contributed by atoms with Crippen LogP contribution in [0.4, 0.5) is 0 Å². The van der Waals surface area contributed by atoms with E-state index in [9.17, 15) is 0 Å². The quantitative estimate of drug-likeness (QED) is 0.823. The van der Waals surface area contributed by atoms with Crippen molar-refractivity contribution >= 4 is 15.9 Å². The van der Waals surface area contributed by atoms with E-state index in [4.69, 9.17) is 0 Å². The smallest absolute Gasteiger partial charge is 0.153 e. The summed E-state index contributed by atoms with van der Waals surface area (Å²) in [5, 5.41) is 8.02. The maximum atomic E-state index is 4.55. The van der Waals surface area contributed by atoms with Crippen molar-refractivity contribution in [1.29, 1.82) is 0 Å². The standard InChI is InChI=1S/C15H19BrN4/c1-2-7-17-8-12-9-19-20(15(12)11-3-4-11)14-6-5-13(16)10-18-14/h5-6,9-11,17H,2-4,7-8H2,1H3. The Bertz CT molecular complexity index is 572. The van der Waals surface area contributed by atoms with Crippen molar-refractivity contribution in [3.63, 3.8) is 0 Å². The number of halogens is 1. The molecule has 0 unspecified atom stereocenters. The van der Waals surface area contributed by atoms with Crippen molar-refractivity contribution in [2.75, 3.05) is 6.54 Å². The molecule has 1 N–H and O–H groups in total. The number of aromatic nitrogens is 3. The number of hydrogen-bond donors (Lipinski definition) is 1. The monoisotopic (exact) mass is 334 g/mol. The molecule has 2 heterocycles. The first kappa shape index (κ1) is 13.8. The minimum absolute atomic E-state index is 0.654. The Labute approximate surface area is 127 Å². The third-order valence-electron chi connectivity index (χ3n) is 3.52. The molecule has 0 radical (unpaired) electrons. The number of pyridine rings is 1. The normalized spacial score (nSPS) is 14.7. The van der Waals surface area contributed by atoms with E-state index < -0.39 is 0 Å². The van der Waals surface area contributed by atoms with Crippen LogP contribution in [0, 0.1) is 0 Å². The van der Waals surface area contributed by atoms with Gasteiger partial charge in [-0.15, -0.1) is 0 Å². The highest BCUT2D eigenvalue weighted by molar-refractivity contribution is 9.10. The molecule has 1 aliphatic rings. The van der Waals surface area contributed by atoms with Crippen molar-refractivity contribution in [2.24, 2.45) is 0 Å². The van der Waals surface area contributed by atoms with Gasteiger partial charge in [-0.3, -0.25) is 0 Å². The van der Waals surface area contributed by atoms with E-state index in [0.717, 1.165) is 29.8 Å². The van der Waals surface area contributed by atoms with Crippen molar-refractivity contribution in [1.82, 2.24) is 20.1 Å². The lowest BCUT2D eigenvalue weighted by Gasteiger charge is -2.09. The minimum Gasteiger partial charge on any atom is -0.313 e. The molecular formula is C15H19BrN4. The first-order valence-corrected chi connectivity index (χ1v) is 7.98. The lowest BCUT2D eigenvalue weighted by Crippen LogP contribution is -2.15. The minimum atomic E-state index is 0.654. The zero-order chi connectivity index (χ0) is 13.9. The van der Waals surface area contributed by atoms with Crippen LogP contribution in [-0.4, -0.2) is 21.3 Å². The molecule has 0 aromatic carbocycles. The van der Waals surface area contributed by atoms with Crippen molar-refractivity contribution < 1.29 is 0 Å². The van der Waals surface area contributed by atoms with Gasteiger partial charge in [-0.05, 0) is 53.9 Å². The molecule has 1 saturated carbocycles. The van der Waals surface area contributed by atoms with Crippen LogP contribution < -0.4 is 5.32 Å². The number of hydrogen-bond acceptors (Lipinski definition) is 3. The fourth-order valence-corrected chi connectivity index (χ4v) is 2.63. The van der Waals surface area contributed by atoms with Gasteiger partial charge in [0.05, 0.1) is 11.9 Å². The molecule has 0 spiro atoms. The zero-order valence-corrected chi connectivity index (χ0v) is 13.2. The summed E-state index contributed by atoms with van der Waals surface area (Å²) in [5.41, 5.74) is 2.65. The molecule has 0 saturated heterocycles. The molecule has 5 heteroatoms. The zero-order valence-electron chi connectivity index (χ0n) is 11.6. The average Bonchev–Trinajstić information content (AvgIpc) is 3.21.